The van der Waals surface area contributed by atoms with Gasteiger partial charge in [0.15, 0.2) is 5.16 Å². The quantitative estimate of drug-likeness (QED) is 0.585. The lowest BCUT2D eigenvalue weighted by molar-refractivity contribution is 0.451. The predicted molar refractivity (Wildman–Crippen MR) is 76.3 cm³/mol. The Bertz CT molecular complexity index is 501. The monoisotopic (exact) mass is 283 g/mol. The molecule has 7 heteroatoms. The zero-order valence-electron chi connectivity index (χ0n) is 11.9. The van der Waals surface area contributed by atoms with Crippen LogP contribution in [0.1, 0.15) is 39.7 Å². The van der Waals surface area contributed by atoms with Gasteiger partial charge in [-0.3, -0.25) is 4.57 Å². The van der Waals surface area contributed by atoms with Crippen LogP contribution in [0.25, 0.3) is 0 Å². The van der Waals surface area contributed by atoms with Crippen LogP contribution in [0.3, 0.4) is 0 Å². The summed E-state index contributed by atoms with van der Waals surface area (Å²) < 4.78 is 1.65. The molecule has 1 rings (SSSR count). The number of nitrogens with zero attached hydrogens (tertiary/aromatic N) is 3. The summed E-state index contributed by atoms with van der Waals surface area (Å²) in [6, 6.07) is 2.36. The highest BCUT2D eigenvalue weighted by atomic mass is 32.2. The third-order valence-corrected chi connectivity index (χ3v) is 4.08. The van der Waals surface area contributed by atoms with Crippen molar-refractivity contribution in [2.45, 2.75) is 50.4 Å². The van der Waals surface area contributed by atoms with Gasteiger partial charge in [-0.15, -0.1) is 5.10 Å². The summed E-state index contributed by atoms with van der Waals surface area (Å²) >= 11 is 1.54. The van der Waals surface area contributed by atoms with E-state index in [1.807, 2.05) is 20.8 Å². The SMILES string of the molecule is CNC(C)(C#N)CCCSc1n[nH]c(=O)n1C(C)C. The highest BCUT2D eigenvalue weighted by molar-refractivity contribution is 7.99. The van der Waals surface area contributed by atoms with Crippen LogP contribution in [0.5, 0.6) is 0 Å². The van der Waals surface area contributed by atoms with Crippen LogP contribution in [0.4, 0.5) is 0 Å². The number of hydrogen-bond donors (Lipinski definition) is 2. The summed E-state index contributed by atoms with van der Waals surface area (Å²) in [7, 11) is 1.79. The number of aromatic nitrogens is 3. The smallest absolute Gasteiger partial charge is 0.303 e. The maximum absolute atomic E-state index is 11.5. The van der Waals surface area contributed by atoms with Crippen molar-refractivity contribution >= 4 is 11.8 Å². The fourth-order valence-electron chi connectivity index (χ4n) is 1.67. The Morgan fingerprint density at radius 3 is 2.84 bits per heavy atom. The second-order valence-corrected chi connectivity index (χ2v) is 5.98. The van der Waals surface area contributed by atoms with Crippen LogP contribution in [0.15, 0.2) is 9.95 Å². The average molecular weight is 283 g/mol. The molecule has 6 nitrogen and oxygen atoms in total. The molecule has 0 fully saturated rings. The van der Waals surface area contributed by atoms with Gasteiger partial charge in [0.25, 0.3) is 0 Å². The van der Waals surface area contributed by atoms with Gasteiger partial charge in [0.2, 0.25) is 0 Å². The van der Waals surface area contributed by atoms with E-state index < -0.39 is 5.54 Å². The molecule has 19 heavy (non-hydrogen) atoms. The van der Waals surface area contributed by atoms with E-state index in [1.165, 1.54) is 0 Å². The summed E-state index contributed by atoms with van der Waals surface area (Å²) in [5.74, 6) is 0.829. The number of rotatable bonds is 7. The largest absolute Gasteiger partial charge is 0.344 e. The molecule has 0 spiro atoms. The fraction of sp³-hybridized carbons (Fsp3) is 0.750. The number of aromatic amines is 1. The minimum atomic E-state index is -0.482. The van der Waals surface area contributed by atoms with Crippen LogP contribution < -0.4 is 11.0 Å². The maximum atomic E-state index is 11.5. The van der Waals surface area contributed by atoms with Gasteiger partial charge in [-0.25, -0.2) is 9.89 Å². The van der Waals surface area contributed by atoms with Gasteiger partial charge in [-0.05, 0) is 40.7 Å². The van der Waals surface area contributed by atoms with Crippen molar-refractivity contribution in [2.24, 2.45) is 0 Å². The molecule has 106 valence electrons. The van der Waals surface area contributed by atoms with Crippen molar-refractivity contribution in [3.8, 4) is 6.07 Å². The highest BCUT2D eigenvalue weighted by Gasteiger charge is 2.20. The van der Waals surface area contributed by atoms with E-state index in [2.05, 4.69) is 21.6 Å². The number of nitrogens with one attached hydrogen (secondary N) is 2. The third-order valence-electron chi connectivity index (χ3n) is 3.04. The lowest BCUT2D eigenvalue weighted by Crippen LogP contribution is -2.37. The van der Waals surface area contributed by atoms with E-state index in [9.17, 15) is 4.79 Å². The summed E-state index contributed by atoms with van der Waals surface area (Å²) in [5.41, 5.74) is -0.654. The van der Waals surface area contributed by atoms with Gasteiger partial charge in [0.1, 0.15) is 5.54 Å². The first-order valence-corrected chi connectivity index (χ1v) is 7.32. The molecule has 1 aromatic heterocycles. The van der Waals surface area contributed by atoms with E-state index in [-0.39, 0.29) is 11.7 Å². The molecule has 0 aliphatic carbocycles. The van der Waals surface area contributed by atoms with Gasteiger partial charge >= 0.3 is 5.69 Å². The minimum Gasteiger partial charge on any atom is -0.303 e. The average Bonchev–Trinajstić information content (AvgIpc) is 2.75. The van der Waals surface area contributed by atoms with Crippen molar-refractivity contribution < 1.29 is 0 Å². The summed E-state index contributed by atoms with van der Waals surface area (Å²) in [5, 5.41) is 19.3. The Balaban J connectivity index is 2.51. The van der Waals surface area contributed by atoms with Crippen molar-refractivity contribution in [1.29, 1.82) is 5.26 Å². The van der Waals surface area contributed by atoms with Gasteiger partial charge < -0.3 is 5.32 Å². The predicted octanol–water partition coefficient (Wildman–Crippen LogP) is 1.53. The summed E-state index contributed by atoms with van der Waals surface area (Å²) in [6.07, 6.45) is 1.65. The van der Waals surface area contributed by atoms with Crippen LogP contribution in [-0.2, 0) is 0 Å². The lowest BCUT2D eigenvalue weighted by Gasteiger charge is -2.20. The summed E-state index contributed by atoms with van der Waals surface area (Å²) in [6.45, 7) is 5.79. The first-order chi connectivity index (χ1) is 8.93. The number of H-pyrrole nitrogens is 1. The topological polar surface area (TPSA) is 86.5 Å². The van der Waals surface area contributed by atoms with Crippen LogP contribution >= 0.6 is 11.8 Å². The minimum absolute atomic E-state index is 0.0930. The zero-order chi connectivity index (χ0) is 14.5. The van der Waals surface area contributed by atoms with Crippen molar-refractivity contribution in [3.05, 3.63) is 10.5 Å². The molecule has 1 unspecified atom stereocenters. The number of nitriles is 1. The first-order valence-electron chi connectivity index (χ1n) is 6.33. The fourth-order valence-corrected chi connectivity index (χ4v) is 2.69. The lowest BCUT2D eigenvalue weighted by atomic mass is 9.99. The van der Waals surface area contributed by atoms with Crippen LogP contribution in [0, 0.1) is 11.3 Å². The highest BCUT2D eigenvalue weighted by Crippen LogP contribution is 2.20. The molecule has 0 amide bonds. The molecule has 0 aliphatic heterocycles. The van der Waals surface area contributed by atoms with Gasteiger partial charge in [-0.1, -0.05) is 11.8 Å². The molecule has 0 aliphatic rings. The van der Waals surface area contributed by atoms with E-state index in [0.717, 1.165) is 18.6 Å². The molecule has 1 aromatic rings. The molecular weight excluding hydrogens is 262 g/mol. The van der Waals surface area contributed by atoms with Crippen LogP contribution in [0.2, 0.25) is 0 Å². The second kappa shape index (κ2) is 6.78. The molecule has 1 atom stereocenters. The molecular formula is C12H21N5OS. The van der Waals surface area contributed by atoms with E-state index >= 15 is 0 Å². The molecule has 2 N–H and O–H groups in total. The Morgan fingerprint density at radius 2 is 2.32 bits per heavy atom. The molecule has 0 bridgehead atoms. The van der Waals surface area contributed by atoms with E-state index in [1.54, 1.807) is 23.4 Å². The molecule has 1 heterocycles. The van der Waals surface area contributed by atoms with Crippen LogP contribution in [-0.4, -0.2) is 33.1 Å². The molecule has 0 aromatic carbocycles. The first kappa shape index (κ1) is 15.8. The van der Waals surface area contributed by atoms with Gasteiger partial charge in [0, 0.05) is 11.8 Å². The zero-order valence-corrected chi connectivity index (χ0v) is 12.7. The van der Waals surface area contributed by atoms with Crippen molar-refractivity contribution in [3.63, 3.8) is 0 Å². The van der Waals surface area contributed by atoms with Gasteiger partial charge in [0.05, 0.1) is 6.07 Å². The van der Waals surface area contributed by atoms with E-state index in [0.29, 0.717) is 5.16 Å². The van der Waals surface area contributed by atoms with Gasteiger partial charge in [-0.2, -0.15) is 5.26 Å². The Hall–Kier alpha value is -1.26. The Labute approximate surface area is 117 Å². The molecule has 0 saturated heterocycles. The van der Waals surface area contributed by atoms with Crippen molar-refractivity contribution in [1.82, 2.24) is 20.1 Å². The Morgan fingerprint density at radius 1 is 1.63 bits per heavy atom. The van der Waals surface area contributed by atoms with E-state index in [4.69, 9.17) is 5.26 Å². The standard InChI is InChI=1S/C12H21N5OS/c1-9(2)17-10(18)15-16-11(17)19-7-5-6-12(3,8-13)14-4/h9,14H,5-7H2,1-4H3,(H,15,18). The normalized spacial score (nSPS) is 14.3. The number of thioether (sulfide) groups is 1. The van der Waals surface area contributed by atoms with Crippen molar-refractivity contribution in [2.75, 3.05) is 12.8 Å². The summed E-state index contributed by atoms with van der Waals surface area (Å²) in [4.78, 5) is 11.5. The number of hydrogen-bond acceptors (Lipinski definition) is 5. The molecule has 0 saturated carbocycles. The molecule has 0 radical (unpaired) electrons. The maximum Gasteiger partial charge on any atom is 0.344 e. The third kappa shape index (κ3) is 4.11. The Kier molecular flexibility index (Phi) is 5.63. The second-order valence-electron chi connectivity index (χ2n) is 4.92.